The van der Waals surface area contributed by atoms with Gasteiger partial charge >= 0.3 is 0 Å². The van der Waals surface area contributed by atoms with E-state index >= 15 is 0 Å². The maximum atomic E-state index is 13.2. The van der Waals surface area contributed by atoms with Crippen LogP contribution in [0.1, 0.15) is 22.3 Å². The second-order valence-corrected chi connectivity index (χ2v) is 8.29. The molecule has 2 fully saturated rings. The molecule has 25 heavy (non-hydrogen) atoms. The van der Waals surface area contributed by atoms with Gasteiger partial charge in [-0.3, -0.25) is 9.59 Å². The van der Waals surface area contributed by atoms with Crippen LogP contribution in [0.4, 0.5) is 0 Å². The molecule has 3 heterocycles. The average Bonchev–Trinajstić information content (AvgIpc) is 2.88. The molecule has 1 saturated heterocycles. The molecule has 1 amide bonds. The molecule has 6 heteroatoms. The Hall–Kier alpha value is -2.08. The molecular formula is C19H26N4O2. The largest absolute Gasteiger partial charge is 0.349 e. The fourth-order valence-corrected chi connectivity index (χ4v) is 4.86. The molecule has 1 aliphatic heterocycles. The van der Waals surface area contributed by atoms with Crippen molar-refractivity contribution in [2.75, 3.05) is 33.7 Å². The van der Waals surface area contributed by atoms with Gasteiger partial charge in [0.25, 0.3) is 11.5 Å². The van der Waals surface area contributed by atoms with E-state index in [9.17, 15) is 9.59 Å². The second-order valence-electron chi connectivity index (χ2n) is 8.29. The molecule has 0 unspecified atom stereocenters. The van der Waals surface area contributed by atoms with E-state index in [2.05, 4.69) is 19.0 Å². The number of likely N-dealkylation sites (tertiary alicyclic amines) is 1. The monoisotopic (exact) mass is 342 g/mol. The van der Waals surface area contributed by atoms with Crippen LogP contribution in [-0.4, -0.2) is 58.6 Å². The highest BCUT2D eigenvalue weighted by Gasteiger charge is 2.60. The lowest BCUT2D eigenvalue weighted by Gasteiger charge is -2.23. The summed E-state index contributed by atoms with van der Waals surface area (Å²) in [5.41, 5.74) is 2.58. The molecule has 2 atom stereocenters. The lowest BCUT2D eigenvalue weighted by atomic mass is 10.1. The number of rotatable bonds is 3. The normalized spacial score (nSPS) is 25.0. The smallest absolute Gasteiger partial charge is 0.260 e. The molecule has 6 nitrogen and oxygen atoms in total. The Morgan fingerprint density at radius 3 is 2.68 bits per heavy atom. The molecule has 134 valence electrons. The number of amides is 1. The molecular weight excluding hydrogens is 316 g/mol. The van der Waals surface area contributed by atoms with Crippen molar-refractivity contribution in [1.29, 1.82) is 0 Å². The van der Waals surface area contributed by atoms with Crippen LogP contribution in [0.2, 0.25) is 0 Å². The Kier molecular flexibility index (Phi) is 3.41. The van der Waals surface area contributed by atoms with E-state index in [0.717, 1.165) is 30.7 Å². The lowest BCUT2D eigenvalue weighted by molar-refractivity contribution is 0.0761. The molecule has 0 radical (unpaired) electrons. The Bertz CT molecular complexity index is 939. The quantitative estimate of drug-likeness (QED) is 0.842. The molecule has 2 aliphatic rings. The minimum atomic E-state index is -0.100. The van der Waals surface area contributed by atoms with E-state index in [-0.39, 0.29) is 16.9 Å². The predicted octanol–water partition coefficient (Wildman–Crippen LogP) is 1.21. The van der Waals surface area contributed by atoms with Gasteiger partial charge in [-0.15, -0.1) is 0 Å². The fourth-order valence-electron chi connectivity index (χ4n) is 4.86. The van der Waals surface area contributed by atoms with Crippen molar-refractivity contribution >= 4 is 16.8 Å². The Morgan fingerprint density at radius 2 is 2.00 bits per heavy atom. The summed E-state index contributed by atoms with van der Waals surface area (Å²) in [4.78, 5) is 30.0. The van der Waals surface area contributed by atoms with Crippen LogP contribution in [0.5, 0.6) is 0 Å². The van der Waals surface area contributed by atoms with E-state index in [0.29, 0.717) is 16.9 Å². The van der Waals surface area contributed by atoms with Gasteiger partial charge in [0.1, 0.15) is 0 Å². The fraction of sp³-hybridized carbons (Fsp3) is 0.579. The Labute approximate surface area is 147 Å². The SMILES string of the molecule is Cc1cn(C)c(=O)c2c(C(=O)N3C[C@@H]4C[C@]4(CN(C)C)C3)cn(C)c12. The number of aromatic nitrogens is 2. The minimum absolute atomic E-state index is 0.00127. The Balaban J connectivity index is 1.72. The van der Waals surface area contributed by atoms with Gasteiger partial charge < -0.3 is 18.9 Å². The summed E-state index contributed by atoms with van der Waals surface area (Å²) in [7, 11) is 7.82. The first kappa shape index (κ1) is 16.4. The van der Waals surface area contributed by atoms with Crippen LogP contribution in [-0.2, 0) is 14.1 Å². The van der Waals surface area contributed by atoms with Crippen molar-refractivity contribution in [1.82, 2.24) is 18.9 Å². The summed E-state index contributed by atoms with van der Waals surface area (Å²) in [5, 5.41) is 0.553. The zero-order valence-corrected chi connectivity index (χ0v) is 15.7. The highest BCUT2D eigenvalue weighted by Crippen LogP contribution is 2.58. The maximum absolute atomic E-state index is 13.2. The molecule has 4 rings (SSSR count). The van der Waals surface area contributed by atoms with Crippen LogP contribution < -0.4 is 5.56 Å². The van der Waals surface area contributed by atoms with Gasteiger partial charge in [0.2, 0.25) is 0 Å². The Morgan fingerprint density at radius 1 is 1.28 bits per heavy atom. The molecule has 0 bridgehead atoms. The molecule has 0 aromatic carbocycles. The van der Waals surface area contributed by atoms with Crippen LogP contribution in [0.25, 0.3) is 10.9 Å². The van der Waals surface area contributed by atoms with Crippen molar-refractivity contribution in [3.8, 4) is 0 Å². The summed E-state index contributed by atoms with van der Waals surface area (Å²) in [6.07, 6.45) is 4.87. The van der Waals surface area contributed by atoms with Gasteiger partial charge in [-0.25, -0.2) is 0 Å². The summed E-state index contributed by atoms with van der Waals surface area (Å²) in [5.74, 6) is 0.608. The number of aryl methyl sites for hydroxylation is 3. The van der Waals surface area contributed by atoms with Gasteiger partial charge in [-0.1, -0.05) is 0 Å². The lowest BCUT2D eigenvalue weighted by Crippen LogP contribution is -2.35. The van der Waals surface area contributed by atoms with Crippen molar-refractivity contribution in [2.24, 2.45) is 25.4 Å². The van der Waals surface area contributed by atoms with E-state index in [1.165, 1.54) is 6.42 Å². The summed E-state index contributed by atoms with van der Waals surface area (Å²) in [6.45, 7) is 4.62. The van der Waals surface area contributed by atoms with E-state index in [1.54, 1.807) is 11.6 Å². The first-order valence-corrected chi connectivity index (χ1v) is 8.83. The van der Waals surface area contributed by atoms with Crippen molar-refractivity contribution in [3.63, 3.8) is 0 Å². The third-order valence-electron chi connectivity index (χ3n) is 5.93. The third-order valence-corrected chi connectivity index (χ3v) is 5.93. The highest BCUT2D eigenvalue weighted by atomic mass is 16.2. The highest BCUT2D eigenvalue weighted by molar-refractivity contribution is 6.07. The second kappa shape index (κ2) is 5.21. The van der Waals surface area contributed by atoms with Crippen molar-refractivity contribution < 1.29 is 4.79 Å². The molecule has 1 saturated carbocycles. The van der Waals surface area contributed by atoms with Gasteiger partial charge in [-0.2, -0.15) is 0 Å². The van der Waals surface area contributed by atoms with E-state index in [1.807, 2.05) is 35.8 Å². The number of nitrogens with zero attached hydrogens (tertiary/aromatic N) is 4. The van der Waals surface area contributed by atoms with Crippen LogP contribution in [0.15, 0.2) is 17.2 Å². The molecule has 2 aromatic rings. The molecule has 1 aliphatic carbocycles. The minimum Gasteiger partial charge on any atom is -0.349 e. The number of carbonyl (C=O) groups is 1. The van der Waals surface area contributed by atoms with Gasteiger partial charge in [-0.05, 0) is 38.9 Å². The van der Waals surface area contributed by atoms with Crippen molar-refractivity contribution in [2.45, 2.75) is 13.3 Å². The van der Waals surface area contributed by atoms with Crippen LogP contribution >= 0.6 is 0 Å². The topological polar surface area (TPSA) is 50.5 Å². The predicted molar refractivity (Wildman–Crippen MR) is 97.9 cm³/mol. The first-order chi connectivity index (χ1) is 11.7. The van der Waals surface area contributed by atoms with Gasteiger partial charge in [0, 0.05) is 51.5 Å². The number of pyridine rings is 1. The number of hydrogen-bond donors (Lipinski definition) is 0. The summed E-state index contributed by atoms with van der Waals surface area (Å²) in [6, 6.07) is 0. The zero-order chi connectivity index (χ0) is 18.1. The third kappa shape index (κ3) is 2.34. The summed E-state index contributed by atoms with van der Waals surface area (Å²) >= 11 is 0. The van der Waals surface area contributed by atoms with Crippen molar-refractivity contribution in [3.05, 3.63) is 33.9 Å². The van der Waals surface area contributed by atoms with E-state index in [4.69, 9.17) is 0 Å². The van der Waals surface area contributed by atoms with Crippen LogP contribution in [0, 0.1) is 18.3 Å². The van der Waals surface area contributed by atoms with E-state index < -0.39 is 0 Å². The molecule has 0 spiro atoms. The molecule has 0 N–H and O–H groups in total. The summed E-state index contributed by atoms with van der Waals surface area (Å²) < 4.78 is 3.48. The standard InChI is InChI=1S/C19H26N4O2/c1-12-7-22(5)18(25)15-14(9-21(4)16(12)15)17(24)23-8-13-6-19(13,11-23)10-20(2)3/h7,9,13H,6,8,10-11H2,1-5H3/t13-,19-/m0/s1. The number of carbonyl (C=O) groups excluding carboxylic acids is 1. The van der Waals surface area contributed by atoms with Gasteiger partial charge in [0.15, 0.2) is 0 Å². The number of hydrogen-bond acceptors (Lipinski definition) is 3. The number of piperidine rings is 1. The zero-order valence-electron chi connectivity index (χ0n) is 15.7. The van der Waals surface area contributed by atoms with Gasteiger partial charge in [0.05, 0.1) is 16.5 Å². The first-order valence-electron chi connectivity index (χ1n) is 8.83. The average molecular weight is 342 g/mol. The maximum Gasteiger partial charge on any atom is 0.260 e. The molecule has 2 aromatic heterocycles. The number of fused-ring (bicyclic) bond motifs is 2. The van der Waals surface area contributed by atoms with Crippen LogP contribution in [0.3, 0.4) is 0 Å².